The number of aromatic carboxylic acids is 1. The summed E-state index contributed by atoms with van der Waals surface area (Å²) in [6.45, 7) is 1.34. The first kappa shape index (κ1) is 26.9. The van der Waals surface area contributed by atoms with E-state index in [1.807, 2.05) is 0 Å². The standard InChI is InChI=1S/C28H24F2N4O6/c29-19-4-2-1-3-17(19)26(36)32-14-5-6-15(20(30)13-14)16-7-8-18(28(38)39)22-21(16)23(33-27(22)37)24(25(31)35)34-9-11-40-12-10-34/h1-8,13,23-24H,9-12H2,(H2,31,35)(H,32,36)(H,33,37)(H,38,39). The Kier molecular flexibility index (Phi) is 7.28. The number of morpholine rings is 1. The minimum atomic E-state index is -1.37. The summed E-state index contributed by atoms with van der Waals surface area (Å²) in [4.78, 5) is 51.9. The lowest BCUT2D eigenvalue weighted by Crippen LogP contribution is -2.54. The summed E-state index contributed by atoms with van der Waals surface area (Å²) in [7, 11) is 0. The molecule has 3 aromatic rings. The maximum Gasteiger partial charge on any atom is 0.336 e. The first-order valence-electron chi connectivity index (χ1n) is 12.4. The lowest BCUT2D eigenvalue weighted by atomic mass is 9.87. The SMILES string of the molecule is NC(=O)C(C1NC(=O)c2c(C(=O)O)ccc(-c3ccc(NC(=O)c4ccccc4F)cc3F)c21)N1CCOCC1. The number of fused-ring (bicyclic) bond motifs is 1. The van der Waals surface area contributed by atoms with Gasteiger partial charge in [0, 0.05) is 24.3 Å². The zero-order chi connectivity index (χ0) is 28.6. The minimum Gasteiger partial charge on any atom is -0.478 e. The summed E-state index contributed by atoms with van der Waals surface area (Å²) in [5, 5.41) is 14.9. The van der Waals surface area contributed by atoms with Crippen molar-refractivity contribution in [3.8, 4) is 11.1 Å². The molecular weight excluding hydrogens is 526 g/mol. The van der Waals surface area contributed by atoms with Crippen LogP contribution in [0.5, 0.6) is 0 Å². The van der Waals surface area contributed by atoms with Crippen LogP contribution in [0, 0.1) is 11.6 Å². The van der Waals surface area contributed by atoms with Crippen LogP contribution in [0.4, 0.5) is 14.5 Å². The van der Waals surface area contributed by atoms with Crippen LogP contribution >= 0.6 is 0 Å². The molecule has 0 spiro atoms. The molecular formula is C28H24F2N4O6. The fraction of sp³-hybridized carbons (Fsp3) is 0.214. The van der Waals surface area contributed by atoms with Crippen LogP contribution < -0.4 is 16.4 Å². The van der Waals surface area contributed by atoms with Crippen molar-refractivity contribution < 1.29 is 37.8 Å². The molecule has 3 aromatic carbocycles. The van der Waals surface area contributed by atoms with E-state index >= 15 is 4.39 Å². The van der Waals surface area contributed by atoms with Crippen molar-refractivity contribution in [2.24, 2.45) is 5.73 Å². The maximum atomic E-state index is 15.6. The van der Waals surface area contributed by atoms with Crippen LogP contribution in [0.2, 0.25) is 0 Å². The van der Waals surface area contributed by atoms with E-state index in [9.17, 15) is 28.7 Å². The predicted octanol–water partition coefficient (Wildman–Crippen LogP) is 2.55. The van der Waals surface area contributed by atoms with Crippen molar-refractivity contribution in [2.75, 3.05) is 31.6 Å². The number of ether oxygens (including phenoxy) is 1. The average molecular weight is 551 g/mol. The van der Waals surface area contributed by atoms with E-state index in [2.05, 4.69) is 10.6 Å². The lowest BCUT2D eigenvalue weighted by molar-refractivity contribution is -0.126. The number of carbonyl (C=O) groups excluding carboxylic acids is 3. The molecule has 0 aliphatic carbocycles. The fourth-order valence-corrected chi connectivity index (χ4v) is 5.19. The molecule has 2 aliphatic rings. The van der Waals surface area contributed by atoms with E-state index in [1.54, 1.807) is 4.90 Å². The molecule has 40 heavy (non-hydrogen) atoms. The summed E-state index contributed by atoms with van der Waals surface area (Å²) in [6, 6.07) is 9.54. The number of carboxylic acids is 1. The molecule has 1 fully saturated rings. The lowest BCUT2D eigenvalue weighted by Gasteiger charge is -2.36. The molecule has 2 aliphatic heterocycles. The highest BCUT2D eigenvalue weighted by molar-refractivity contribution is 6.10. The molecule has 3 amide bonds. The molecule has 206 valence electrons. The van der Waals surface area contributed by atoms with Gasteiger partial charge >= 0.3 is 5.97 Å². The molecule has 2 atom stereocenters. The predicted molar refractivity (Wildman–Crippen MR) is 139 cm³/mol. The number of carboxylic acid groups (broad SMARTS) is 1. The van der Waals surface area contributed by atoms with Gasteiger partial charge in [-0.3, -0.25) is 19.3 Å². The Labute approximate surface area is 226 Å². The highest BCUT2D eigenvalue weighted by atomic mass is 19.1. The van der Waals surface area contributed by atoms with Crippen molar-refractivity contribution in [3.63, 3.8) is 0 Å². The second-order valence-electron chi connectivity index (χ2n) is 9.33. The Bertz CT molecular complexity index is 1540. The number of halogens is 2. The number of benzene rings is 3. The zero-order valence-electron chi connectivity index (χ0n) is 20.9. The van der Waals surface area contributed by atoms with Crippen molar-refractivity contribution in [1.29, 1.82) is 0 Å². The van der Waals surface area contributed by atoms with E-state index < -0.39 is 47.4 Å². The minimum absolute atomic E-state index is 0.0104. The Hall–Kier alpha value is -4.68. The van der Waals surface area contributed by atoms with Crippen molar-refractivity contribution in [1.82, 2.24) is 10.2 Å². The number of amides is 3. The van der Waals surface area contributed by atoms with Crippen LogP contribution in [-0.4, -0.2) is 66.0 Å². The van der Waals surface area contributed by atoms with Crippen LogP contribution in [0.25, 0.3) is 11.1 Å². The summed E-state index contributed by atoms with van der Waals surface area (Å²) in [5.74, 6) is -5.17. The normalized spacial score (nSPS) is 17.6. The highest BCUT2D eigenvalue weighted by Crippen LogP contribution is 2.41. The molecule has 5 N–H and O–H groups in total. The van der Waals surface area contributed by atoms with Crippen LogP contribution in [0.1, 0.15) is 42.7 Å². The van der Waals surface area contributed by atoms with Gasteiger partial charge in [-0.05, 0) is 47.5 Å². The second kappa shape index (κ2) is 10.8. The summed E-state index contributed by atoms with van der Waals surface area (Å²) < 4.78 is 34.9. The Morgan fingerprint density at radius 3 is 2.35 bits per heavy atom. The van der Waals surface area contributed by atoms with E-state index in [1.165, 1.54) is 42.5 Å². The summed E-state index contributed by atoms with van der Waals surface area (Å²) >= 11 is 0. The number of nitrogens with one attached hydrogen (secondary N) is 2. The summed E-state index contributed by atoms with van der Waals surface area (Å²) in [6.07, 6.45) is 0. The number of rotatable bonds is 7. The van der Waals surface area contributed by atoms with Gasteiger partial charge in [0.05, 0.1) is 35.9 Å². The number of primary amides is 1. The molecule has 0 bridgehead atoms. The topological polar surface area (TPSA) is 151 Å². The van der Waals surface area contributed by atoms with Gasteiger partial charge < -0.3 is 26.2 Å². The second-order valence-corrected chi connectivity index (χ2v) is 9.33. The average Bonchev–Trinajstić information content (AvgIpc) is 3.25. The fourth-order valence-electron chi connectivity index (χ4n) is 5.19. The zero-order valence-corrected chi connectivity index (χ0v) is 20.9. The van der Waals surface area contributed by atoms with Crippen molar-refractivity contribution >= 4 is 29.4 Å². The third-order valence-electron chi connectivity index (χ3n) is 6.98. The van der Waals surface area contributed by atoms with Gasteiger partial charge in [0.1, 0.15) is 17.7 Å². The molecule has 0 saturated carbocycles. The largest absolute Gasteiger partial charge is 0.478 e. The number of carbonyl (C=O) groups is 4. The maximum absolute atomic E-state index is 15.6. The van der Waals surface area contributed by atoms with Gasteiger partial charge in [0.15, 0.2) is 0 Å². The monoisotopic (exact) mass is 550 g/mol. The number of nitrogens with two attached hydrogens (primary N) is 1. The molecule has 0 radical (unpaired) electrons. The number of hydrogen-bond donors (Lipinski definition) is 4. The third-order valence-corrected chi connectivity index (χ3v) is 6.98. The quantitative estimate of drug-likeness (QED) is 0.353. The van der Waals surface area contributed by atoms with Crippen molar-refractivity contribution in [3.05, 3.63) is 88.5 Å². The Morgan fingerprint density at radius 1 is 1.00 bits per heavy atom. The number of nitrogens with zero attached hydrogens (tertiary/aromatic N) is 1. The smallest absolute Gasteiger partial charge is 0.336 e. The third kappa shape index (κ3) is 4.90. The van der Waals surface area contributed by atoms with Crippen molar-refractivity contribution in [2.45, 2.75) is 12.1 Å². The first-order valence-corrected chi connectivity index (χ1v) is 12.4. The van der Waals surface area contributed by atoms with Crippen LogP contribution in [0.15, 0.2) is 54.6 Å². The number of anilines is 1. The van der Waals surface area contributed by atoms with Gasteiger partial charge in [-0.15, -0.1) is 0 Å². The molecule has 10 nitrogen and oxygen atoms in total. The van der Waals surface area contributed by atoms with E-state index in [0.29, 0.717) is 26.3 Å². The molecule has 0 aromatic heterocycles. The van der Waals surface area contributed by atoms with Gasteiger partial charge in [0.2, 0.25) is 5.91 Å². The van der Waals surface area contributed by atoms with Crippen LogP contribution in [-0.2, 0) is 9.53 Å². The Morgan fingerprint density at radius 2 is 1.70 bits per heavy atom. The molecule has 1 saturated heterocycles. The van der Waals surface area contributed by atoms with E-state index in [4.69, 9.17) is 10.5 Å². The molecule has 5 rings (SSSR count). The van der Waals surface area contributed by atoms with Gasteiger partial charge in [0.25, 0.3) is 11.8 Å². The molecule has 2 unspecified atom stereocenters. The Balaban J connectivity index is 1.57. The molecule has 2 heterocycles. The van der Waals surface area contributed by atoms with Gasteiger partial charge in [-0.1, -0.05) is 18.2 Å². The highest BCUT2D eigenvalue weighted by Gasteiger charge is 2.44. The van der Waals surface area contributed by atoms with E-state index in [0.717, 1.165) is 12.1 Å². The van der Waals surface area contributed by atoms with Crippen LogP contribution in [0.3, 0.4) is 0 Å². The van der Waals surface area contributed by atoms with Gasteiger partial charge in [-0.2, -0.15) is 0 Å². The number of hydrogen-bond acceptors (Lipinski definition) is 6. The van der Waals surface area contributed by atoms with E-state index in [-0.39, 0.29) is 39.1 Å². The first-order chi connectivity index (χ1) is 19.2. The summed E-state index contributed by atoms with van der Waals surface area (Å²) in [5.41, 5.74) is 5.38. The molecule has 12 heteroatoms. The van der Waals surface area contributed by atoms with Gasteiger partial charge in [-0.25, -0.2) is 13.6 Å².